The van der Waals surface area contributed by atoms with Gasteiger partial charge < -0.3 is 0 Å². The van der Waals surface area contributed by atoms with E-state index in [-0.39, 0.29) is 16.9 Å². The zero-order valence-corrected chi connectivity index (χ0v) is 9.50. The van der Waals surface area contributed by atoms with Crippen molar-refractivity contribution in [2.45, 2.75) is 6.18 Å². The molecule has 0 aliphatic rings. The fraction of sp³-hybridized carbons (Fsp3) is 0.125. The Bertz CT molecular complexity index is 448. The molecule has 0 radical (unpaired) electrons. The van der Waals surface area contributed by atoms with Gasteiger partial charge in [0.2, 0.25) is 0 Å². The van der Waals surface area contributed by atoms with Crippen LogP contribution in [0.25, 0.3) is 0 Å². The van der Waals surface area contributed by atoms with Gasteiger partial charge in [0, 0.05) is 0 Å². The molecule has 0 heterocycles. The fourth-order valence-corrected chi connectivity index (χ4v) is 1.59. The predicted octanol–water partition coefficient (Wildman–Crippen LogP) is 2.14. The summed E-state index contributed by atoms with van der Waals surface area (Å²) in [5.41, 5.74) is 4.19. The summed E-state index contributed by atoms with van der Waals surface area (Å²) in [4.78, 5) is 0. The molecular weight excluding hydrogens is 323 g/mol. The number of nitriles is 1. The summed E-state index contributed by atoms with van der Waals surface area (Å²) in [6.07, 6.45) is -4.51. The minimum atomic E-state index is -4.51. The zero-order valence-electron chi connectivity index (χ0n) is 7.17. The number of nitrogens with two attached hydrogens (primary N) is 1. The van der Waals surface area contributed by atoms with Crippen LogP contribution >= 0.6 is 0 Å². The molecule has 2 N–H and O–H groups in total. The fourth-order valence-electron chi connectivity index (χ4n) is 1.01. The van der Waals surface area contributed by atoms with Gasteiger partial charge >= 0.3 is 96.4 Å². The second-order valence-corrected chi connectivity index (χ2v) is 3.18. The van der Waals surface area contributed by atoms with Crippen LogP contribution in [0.1, 0.15) is 11.1 Å². The maximum absolute atomic E-state index is 12.3. The SMILES string of the molecule is N#Cc1cc(C(F)(F)F)cc(N)c1N=[Te]. The normalized spacial score (nSPS) is 10.8. The average molecular weight is 327 g/mol. The van der Waals surface area contributed by atoms with E-state index in [4.69, 9.17) is 11.0 Å². The molecule has 0 fully saturated rings. The zero-order chi connectivity index (χ0) is 11.6. The molecule has 3 nitrogen and oxygen atoms in total. The van der Waals surface area contributed by atoms with Gasteiger partial charge in [-0.25, -0.2) is 0 Å². The van der Waals surface area contributed by atoms with E-state index in [1.807, 2.05) is 0 Å². The third-order valence-corrected chi connectivity index (χ3v) is 2.20. The number of hydrogen-bond acceptors (Lipinski definition) is 3. The Morgan fingerprint density at radius 2 is 2.00 bits per heavy atom. The van der Waals surface area contributed by atoms with Gasteiger partial charge in [0.1, 0.15) is 0 Å². The van der Waals surface area contributed by atoms with Crippen molar-refractivity contribution in [1.29, 1.82) is 5.26 Å². The molecule has 0 saturated heterocycles. The molecule has 0 aliphatic heterocycles. The van der Waals surface area contributed by atoms with E-state index in [1.165, 1.54) is 22.1 Å². The number of alkyl halides is 3. The average Bonchev–Trinajstić information content (AvgIpc) is 2.15. The molecule has 0 aliphatic carbocycles. The molecule has 0 amide bonds. The maximum atomic E-state index is 12.3. The summed E-state index contributed by atoms with van der Waals surface area (Å²) in [5.74, 6) is 0. The Kier molecular flexibility index (Phi) is 3.33. The van der Waals surface area contributed by atoms with Crippen molar-refractivity contribution in [3.05, 3.63) is 23.3 Å². The first-order valence-electron chi connectivity index (χ1n) is 3.64. The summed E-state index contributed by atoms with van der Waals surface area (Å²) < 4.78 is 40.6. The van der Waals surface area contributed by atoms with Gasteiger partial charge in [0.25, 0.3) is 0 Å². The summed E-state index contributed by atoms with van der Waals surface area (Å²) >= 11 is 1.29. The third kappa shape index (κ3) is 2.47. The molecule has 0 saturated carbocycles. The minimum absolute atomic E-state index is 0.0929. The molecular formula is C8H4F3N3Te. The monoisotopic (exact) mass is 329 g/mol. The molecule has 0 atom stereocenters. The number of anilines is 1. The predicted molar refractivity (Wildman–Crippen MR) is 48.4 cm³/mol. The number of rotatable bonds is 1. The van der Waals surface area contributed by atoms with Gasteiger partial charge in [0.05, 0.1) is 0 Å². The molecule has 15 heavy (non-hydrogen) atoms. The van der Waals surface area contributed by atoms with Crippen LogP contribution in [0.3, 0.4) is 0 Å². The first-order chi connectivity index (χ1) is 6.90. The molecule has 0 aromatic heterocycles. The standard InChI is InChI=1S/C8H4F3N3Te/c9-8(10,11)5-1-4(3-12)7(14-15)6(13)2-5/h1-2H,13H2. The second kappa shape index (κ2) is 4.18. The van der Waals surface area contributed by atoms with Gasteiger partial charge in [-0.1, -0.05) is 0 Å². The molecule has 0 bridgehead atoms. The van der Waals surface area contributed by atoms with Crippen LogP contribution in [0, 0.1) is 11.3 Å². The number of nitrogens with zero attached hydrogens (tertiary/aromatic N) is 2. The van der Waals surface area contributed by atoms with Crippen molar-refractivity contribution in [2.24, 2.45) is 3.18 Å². The summed E-state index contributed by atoms with van der Waals surface area (Å²) in [7, 11) is 0. The molecule has 78 valence electrons. The van der Waals surface area contributed by atoms with E-state index in [1.54, 1.807) is 6.07 Å². The van der Waals surface area contributed by atoms with Gasteiger partial charge in [-0.2, -0.15) is 0 Å². The quantitative estimate of drug-likeness (QED) is 0.635. The van der Waals surface area contributed by atoms with Crippen molar-refractivity contribution >= 4 is 33.5 Å². The van der Waals surface area contributed by atoms with Crippen LogP contribution < -0.4 is 5.73 Å². The second-order valence-electron chi connectivity index (χ2n) is 2.66. The van der Waals surface area contributed by atoms with E-state index in [0.29, 0.717) is 0 Å². The topological polar surface area (TPSA) is 62.2 Å². The van der Waals surface area contributed by atoms with Crippen LogP contribution in [0.2, 0.25) is 0 Å². The van der Waals surface area contributed by atoms with Gasteiger partial charge in [-0.05, 0) is 0 Å². The van der Waals surface area contributed by atoms with Crippen LogP contribution in [0.15, 0.2) is 15.3 Å². The molecule has 0 spiro atoms. The molecule has 1 aromatic rings. The molecule has 1 rings (SSSR count). The Balaban J connectivity index is 3.47. The Morgan fingerprint density at radius 1 is 1.40 bits per heavy atom. The molecule has 1 aromatic carbocycles. The Labute approximate surface area is 96.5 Å². The van der Waals surface area contributed by atoms with E-state index in [2.05, 4.69) is 3.18 Å². The summed E-state index contributed by atoms with van der Waals surface area (Å²) in [6.45, 7) is 0. The Hall–Kier alpha value is -1.11. The first kappa shape index (κ1) is 12.0. The van der Waals surface area contributed by atoms with E-state index in [0.717, 1.165) is 12.1 Å². The van der Waals surface area contributed by atoms with Crippen LogP contribution in [0.5, 0.6) is 0 Å². The van der Waals surface area contributed by atoms with E-state index in [9.17, 15) is 13.2 Å². The number of hydrogen-bond donors (Lipinski definition) is 1. The van der Waals surface area contributed by atoms with Crippen molar-refractivity contribution in [3.63, 3.8) is 0 Å². The van der Waals surface area contributed by atoms with Gasteiger partial charge in [-0.3, -0.25) is 0 Å². The van der Waals surface area contributed by atoms with Gasteiger partial charge in [0.15, 0.2) is 0 Å². The van der Waals surface area contributed by atoms with Crippen molar-refractivity contribution in [1.82, 2.24) is 0 Å². The van der Waals surface area contributed by atoms with Crippen LogP contribution in [-0.4, -0.2) is 22.1 Å². The van der Waals surface area contributed by atoms with Crippen LogP contribution in [-0.2, 0) is 6.18 Å². The van der Waals surface area contributed by atoms with Crippen molar-refractivity contribution in [2.75, 3.05) is 5.73 Å². The van der Waals surface area contributed by atoms with Crippen molar-refractivity contribution in [3.8, 4) is 6.07 Å². The number of nitrogen functional groups attached to an aromatic ring is 1. The first-order valence-corrected chi connectivity index (χ1v) is 4.68. The van der Waals surface area contributed by atoms with E-state index >= 15 is 0 Å². The van der Waals surface area contributed by atoms with Crippen molar-refractivity contribution < 1.29 is 13.2 Å². The number of benzene rings is 1. The molecule has 0 unspecified atom stereocenters. The summed E-state index contributed by atoms with van der Waals surface area (Å²) in [6, 6.07) is 3.13. The van der Waals surface area contributed by atoms with E-state index < -0.39 is 11.7 Å². The van der Waals surface area contributed by atoms with Crippen LogP contribution in [0.4, 0.5) is 24.5 Å². The summed E-state index contributed by atoms with van der Waals surface area (Å²) in [5, 5.41) is 8.63. The third-order valence-electron chi connectivity index (χ3n) is 1.68. The molecule has 7 heteroatoms. The Morgan fingerprint density at radius 3 is 2.40 bits per heavy atom. The van der Waals surface area contributed by atoms with Gasteiger partial charge in [-0.15, -0.1) is 0 Å². The number of halogens is 3.